The minimum atomic E-state index is 0.257. The van der Waals surface area contributed by atoms with E-state index in [2.05, 4.69) is 46.7 Å². The fraction of sp³-hybridized carbons (Fsp3) is 1.00. The van der Waals surface area contributed by atoms with E-state index in [0.29, 0.717) is 11.7 Å². The standard InChI is InChI=1S/C10H22BN/c1-8(9(2)11)7-10(3,4)12(5)6/h8-9H,7H2,1-6H3. The molecule has 0 aromatic rings. The largest absolute Gasteiger partial charge is 0.304 e. The Labute approximate surface area is 78.9 Å². The van der Waals surface area contributed by atoms with E-state index >= 15 is 0 Å². The van der Waals surface area contributed by atoms with Crippen LogP contribution in [0.5, 0.6) is 0 Å². The first-order valence-corrected chi connectivity index (χ1v) is 4.70. The molecule has 0 saturated heterocycles. The summed E-state index contributed by atoms with van der Waals surface area (Å²) in [6, 6.07) is 0. The van der Waals surface area contributed by atoms with Crippen LogP contribution < -0.4 is 0 Å². The van der Waals surface area contributed by atoms with Gasteiger partial charge in [-0.15, -0.1) is 0 Å². The van der Waals surface area contributed by atoms with Crippen LogP contribution >= 0.6 is 0 Å². The van der Waals surface area contributed by atoms with Gasteiger partial charge in [0, 0.05) is 5.54 Å². The van der Waals surface area contributed by atoms with Crippen molar-refractivity contribution in [2.24, 2.45) is 5.92 Å². The summed E-state index contributed by atoms with van der Waals surface area (Å²) in [5.41, 5.74) is 0.257. The van der Waals surface area contributed by atoms with Crippen LogP contribution in [0.25, 0.3) is 0 Å². The lowest BCUT2D eigenvalue weighted by molar-refractivity contribution is 0.158. The highest BCUT2D eigenvalue weighted by atomic mass is 15.1. The summed E-state index contributed by atoms with van der Waals surface area (Å²) in [6.45, 7) is 8.81. The first-order valence-electron chi connectivity index (χ1n) is 4.70. The van der Waals surface area contributed by atoms with Crippen molar-refractivity contribution >= 4 is 7.85 Å². The van der Waals surface area contributed by atoms with Gasteiger partial charge in [-0.3, -0.25) is 0 Å². The molecule has 2 heteroatoms. The molecule has 0 aromatic carbocycles. The minimum absolute atomic E-state index is 0.257. The van der Waals surface area contributed by atoms with Gasteiger partial charge in [-0.25, -0.2) is 0 Å². The zero-order chi connectivity index (χ0) is 9.94. The van der Waals surface area contributed by atoms with Gasteiger partial charge in [-0.2, -0.15) is 0 Å². The van der Waals surface area contributed by atoms with E-state index in [1.807, 2.05) is 0 Å². The van der Waals surface area contributed by atoms with Gasteiger partial charge >= 0.3 is 0 Å². The molecular formula is C10H22BN. The quantitative estimate of drug-likeness (QED) is 0.581. The summed E-state index contributed by atoms with van der Waals surface area (Å²) in [5.74, 6) is 0.881. The second kappa shape index (κ2) is 4.31. The van der Waals surface area contributed by atoms with Crippen LogP contribution in [0.15, 0.2) is 0 Å². The predicted octanol–water partition coefficient (Wildman–Crippen LogP) is 2.33. The first-order chi connectivity index (χ1) is 5.27. The third-order valence-electron chi connectivity index (χ3n) is 2.93. The molecule has 0 spiro atoms. The van der Waals surface area contributed by atoms with E-state index in [0.717, 1.165) is 6.42 Å². The van der Waals surface area contributed by atoms with Crippen molar-refractivity contribution in [2.45, 2.75) is 45.5 Å². The van der Waals surface area contributed by atoms with Crippen molar-refractivity contribution in [1.29, 1.82) is 0 Å². The molecule has 0 N–H and O–H groups in total. The Hall–Kier alpha value is 0.0249. The van der Waals surface area contributed by atoms with Gasteiger partial charge < -0.3 is 4.90 Å². The summed E-state index contributed by atoms with van der Waals surface area (Å²) in [5, 5.41) is 0. The lowest BCUT2D eigenvalue weighted by atomic mass is 9.74. The van der Waals surface area contributed by atoms with Gasteiger partial charge in [0.2, 0.25) is 0 Å². The Morgan fingerprint density at radius 2 is 1.67 bits per heavy atom. The second-order valence-corrected chi connectivity index (χ2v) is 4.75. The Balaban J connectivity index is 4.05. The maximum absolute atomic E-state index is 5.82. The Bertz CT molecular complexity index is 130. The summed E-state index contributed by atoms with van der Waals surface area (Å²) in [6.07, 6.45) is 1.15. The van der Waals surface area contributed by atoms with E-state index in [1.54, 1.807) is 0 Å². The molecule has 0 heterocycles. The average molecular weight is 167 g/mol. The van der Waals surface area contributed by atoms with Crippen LogP contribution in [-0.2, 0) is 0 Å². The van der Waals surface area contributed by atoms with Crippen molar-refractivity contribution in [2.75, 3.05) is 14.1 Å². The predicted molar refractivity (Wildman–Crippen MR) is 56.7 cm³/mol. The molecule has 0 aliphatic heterocycles. The summed E-state index contributed by atoms with van der Waals surface area (Å²) in [4.78, 5) is 2.26. The number of hydrogen-bond acceptors (Lipinski definition) is 1. The van der Waals surface area contributed by atoms with Crippen LogP contribution in [-0.4, -0.2) is 32.4 Å². The molecule has 0 aliphatic rings. The van der Waals surface area contributed by atoms with Gasteiger partial charge in [-0.05, 0) is 40.3 Å². The Kier molecular flexibility index (Phi) is 4.32. The molecule has 2 atom stereocenters. The molecule has 2 unspecified atom stereocenters. The smallest absolute Gasteiger partial charge is 0.0699 e. The van der Waals surface area contributed by atoms with E-state index in [-0.39, 0.29) is 5.54 Å². The van der Waals surface area contributed by atoms with Crippen molar-refractivity contribution in [3.63, 3.8) is 0 Å². The van der Waals surface area contributed by atoms with Crippen LogP contribution in [0.1, 0.15) is 34.1 Å². The molecule has 0 aliphatic carbocycles. The van der Waals surface area contributed by atoms with Gasteiger partial charge in [-0.1, -0.05) is 19.7 Å². The average Bonchev–Trinajstić information content (AvgIpc) is 1.85. The highest BCUT2D eigenvalue weighted by Gasteiger charge is 2.24. The van der Waals surface area contributed by atoms with Crippen molar-refractivity contribution in [3.8, 4) is 0 Å². The van der Waals surface area contributed by atoms with Gasteiger partial charge in [0.25, 0.3) is 0 Å². The summed E-state index contributed by atoms with van der Waals surface area (Å²) < 4.78 is 0. The number of hydrogen-bond donors (Lipinski definition) is 0. The van der Waals surface area contributed by atoms with Crippen LogP contribution in [0.2, 0.25) is 5.82 Å². The third kappa shape index (κ3) is 3.62. The van der Waals surface area contributed by atoms with Crippen LogP contribution in [0.4, 0.5) is 0 Å². The fourth-order valence-electron chi connectivity index (χ4n) is 1.16. The monoisotopic (exact) mass is 167 g/mol. The molecule has 0 aromatic heterocycles. The maximum Gasteiger partial charge on any atom is 0.0699 e. The molecule has 0 bridgehead atoms. The van der Waals surface area contributed by atoms with E-state index in [1.165, 1.54) is 0 Å². The summed E-state index contributed by atoms with van der Waals surface area (Å²) in [7, 11) is 10.1. The van der Waals surface area contributed by atoms with Gasteiger partial charge in [0.1, 0.15) is 0 Å². The zero-order valence-corrected chi connectivity index (χ0v) is 9.39. The zero-order valence-electron chi connectivity index (χ0n) is 9.39. The van der Waals surface area contributed by atoms with Gasteiger partial charge in [0.15, 0.2) is 0 Å². The third-order valence-corrected chi connectivity index (χ3v) is 2.93. The molecule has 0 saturated carbocycles. The molecule has 70 valence electrons. The lowest BCUT2D eigenvalue weighted by Crippen LogP contribution is -2.39. The number of rotatable bonds is 4. The minimum Gasteiger partial charge on any atom is -0.304 e. The molecule has 1 nitrogen and oxygen atoms in total. The molecular weight excluding hydrogens is 145 g/mol. The highest BCUT2D eigenvalue weighted by Crippen LogP contribution is 2.26. The van der Waals surface area contributed by atoms with E-state index in [9.17, 15) is 0 Å². The molecule has 12 heavy (non-hydrogen) atoms. The topological polar surface area (TPSA) is 3.24 Å². The SMILES string of the molecule is [B]C(C)C(C)CC(C)(C)N(C)C. The molecule has 2 radical (unpaired) electrons. The lowest BCUT2D eigenvalue weighted by Gasteiger charge is -2.36. The molecule has 0 amide bonds. The van der Waals surface area contributed by atoms with Crippen molar-refractivity contribution < 1.29 is 0 Å². The van der Waals surface area contributed by atoms with Crippen LogP contribution in [0.3, 0.4) is 0 Å². The van der Waals surface area contributed by atoms with Crippen molar-refractivity contribution in [3.05, 3.63) is 0 Å². The first kappa shape index (κ1) is 12.0. The Morgan fingerprint density at radius 3 is 1.92 bits per heavy atom. The van der Waals surface area contributed by atoms with E-state index in [4.69, 9.17) is 7.85 Å². The van der Waals surface area contributed by atoms with E-state index < -0.39 is 0 Å². The molecule has 0 rings (SSSR count). The van der Waals surface area contributed by atoms with Crippen LogP contribution in [0, 0.1) is 5.92 Å². The van der Waals surface area contributed by atoms with Crippen molar-refractivity contribution in [1.82, 2.24) is 4.90 Å². The fourth-order valence-corrected chi connectivity index (χ4v) is 1.16. The number of nitrogens with zero attached hydrogens (tertiary/aromatic N) is 1. The van der Waals surface area contributed by atoms with Gasteiger partial charge in [0.05, 0.1) is 7.85 Å². The normalized spacial score (nSPS) is 17.9. The maximum atomic E-state index is 5.82. The summed E-state index contributed by atoms with van der Waals surface area (Å²) >= 11 is 0. The Morgan fingerprint density at radius 1 is 1.25 bits per heavy atom. The highest BCUT2D eigenvalue weighted by molar-refractivity contribution is 6.11. The second-order valence-electron chi connectivity index (χ2n) is 4.75. The molecule has 0 fully saturated rings.